The van der Waals surface area contributed by atoms with Gasteiger partial charge in [-0.1, -0.05) is 26.0 Å². The second-order valence-electron chi connectivity index (χ2n) is 9.07. The predicted molar refractivity (Wildman–Crippen MR) is 123 cm³/mol. The van der Waals surface area contributed by atoms with Crippen LogP contribution < -0.4 is 10.1 Å². The highest BCUT2D eigenvalue weighted by Gasteiger charge is 2.27. The molecule has 0 spiro atoms. The summed E-state index contributed by atoms with van der Waals surface area (Å²) in [7, 11) is 4.07. The van der Waals surface area contributed by atoms with Gasteiger partial charge in [0.15, 0.2) is 0 Å². The summed E-state index contributed by atoms with van der Waals surface area (Å²) < 4.78 is 7.61. The van der Waals surface area contributed by atoms with Crippen LogP contribution in [0.4, 0.5) is 4.79 Å². The van der Waals surface area contributed by atoms with E-state index in [1.54, 1.807) is 0 Å². The van der Waals surface area contributed by atoms with Crippen molar-refractivity contribution in [1.82, 2.24) is 24.9 Å². The number of urea groups is 1. The van der Waals surface area contributed by atoms with Crippen LogP contribution in [0.2, 0.25) is 0 Å². The molecule has 0 aliphatic carbocycles. The second-order valence-corrected chi connectivity index (χ2v) is 9.07. The Morgan fingerprint density at radius 2 is 1.90 bits per heavy atom. The van der Waals surface area contributed by atoms with E-state index < -0.39 is 0 Å². The summed E-state index contributed by atoms with van der Waals surface area (Å²) in [5, 5.41) is 7.69. The van der Waals surface area contributed by atoms with Crippen molar-refractivity contribution in [3.8, 4) is 5.75 Å². The minimum atomic E-state index is -0.0296. The SMILES string of the molecule is Cc1cc(CN(C(=O)NCc2ccc(OCC(C)C)cc2)C2CCN(C)CC2)nn1C. The number of aromatic nitrogens is 2. The molecule has 0 radical (unpaired) electrons. The Bertz CT molecular complexity index is 819. The zero-order valence-corrected chi connectivity index (χ0v) is 19.6. The van der Waals surface area contributed by atoms with Gasteiger partial charge in [0, 0.05) is 25.3 Å². The van der Waals surface area contributed by atoms with Crippen LogP contribution in [-0.2, 0) is 20.1 Å². The lowest BCUT2D eigenvalue weighted by Gasteiger charge is -2.37. The van der Waals surface area contributed by atoms with Crippen molar-refractivity contribution < 1.29 is 9.53 Å². The van der Waals surface area contributed by atoms with Crippen LogP contribution in [0.3, 0.4) is 0 Å². The summed E-state index contributed by atoms with van der Waals surface area (Å²) in [6, 6.07) is 10.2. The number of nitrogens with one attached hydrogen (secondary N) is 1. The number of ether oxygens (including phenoxy) is 1. The molecule has 7 heteroatoms. The summed E-state index contributed by atoms with van der Waals surface area (Å²) in [6.07, 6.45) is 1.97. The highest BCUT2D eigenvalue weighted by molar-refractivity contribution is 5.74. The fourth-order valence-corrected chi connectivity index (χ4v) is 3.81. The van der Waals surface area contributed by atoms with E-state index in [-0.39, 0.29) is 12.1 Å². The number of nitrogens with zero attached hydrogens (tertiary/aromatic N) is 4. The number of carbonyl (C=O) groups is 1. The van der Waals surface area contributed by atoms with Gasteiger partial charge in [0.2, 0.25) is 0 Å². The summed E-state index contributed by atoms with van der Waals surface area (Å²) in [5.74, 6) is 1.36. The lowest BCUT2D eigenvalue weighted by molar-refractivity contribution is 0.126. The van der Waals surface area contributed by atoms with Crippen LogP contribution >= 0.6 is 0 Å². The predicted octanol–water partition coefficient (Wildman–Crippen LogP) is 3.57. The van der Waals surface area contributed by atoms with Gasteiger partial charge < -0.3 is 19.9 Å². The maximum absolute atomic E-state index is 13.2. The normalized spacial score (nSPS) is 15.3. The van der Waals surface area contributed by atoms with Crippen molar-refractivity contribution in [1.29, 1.82) is 0 Å². The Morgan fingerprint density at radius 1 is 1.23 bits per heavy atom. The van der Waals surface area contributed by atoms with E-state index in [9.17, 15) is 4.79 Å². The van der Waals surface area contributed by atoms with Crippen LogP contribution in [-0.4, -0.2) is 58.4 Å². The van der Waals surface area contributed by atoms with E-state index in [0.717, 1.165) is 48.6 Å². The number of piperidine rings is 1. The number of carbonyl (C=O) groups excluding carboxylic acids is 1. The molecule has 1 N–H and O–H groups in total. The smallest absolute Gasteiger partial charge is 0.318 e. The van der Waals surface area contributed by atoms with Gasteiger partial charge in [-0.3, -0.25) is 4.68 Å². The maximum atomic E-state index is 13.2. The third kappa shape index (κ3) is 6.72. The van der Waals surface area contributed by atoms with Gasteiger partial charge in [-0.15, -0.1) is 0 Å². The van der Waals surface area contributed by atoms with Gasteiger partial charge in [-0.05, 0) is 69.6 Å². The number of rotatable bonds is 8. The molecule has 2 aromatic rings. The molecule has 2 amide bonds. The van der Waals surface area contributed by atoms with Crippen LogP contribution in [0.15, 0.2) is 30.3 Å². The Hall–Kier alpha value is -2.54. The van der Waals surface area contributed by atoms with E-state index in [2.05, 4.69) is 42.3 Å². The first-order chi connectivity index (χ1) is 14.8. The first-order valence-electron chi connectivity index (χ1n) is 11.3. The molecular weight excluding hydrogens is 390 g/mol. The van der Waals surface area contributed by atoms with E-state index in [4.69, 9.17) is 4.74 Å². The average Bonchev–Trinajstić information content (AvgIpc) is 3.07. The molecule has 3 rings (SSSR count). The number of hydrogen-bond donors (Lipinski definition) is 1. The lowest BCUT2D eigenvalue weighted by Crippen LogP contribution is -2.49. The first-order valence-corrected chi connectivity index (χ1v) is 11.3. The summed E-state index contributed by atoms with van der Waals surface area (Å²) >= 11 is 0. The number of aryl methyl sites for hydroxylation is 2. The molecule has 7 nitrogen and oxygen atoms in total. The molecule has 170 valence electrons. The molecular formula is C24H37N5O2. The van der Waals surface area contributed by atoms with Gasteiger partial charge in [0.1, 0.15) is 5.75 Å². The largest absolute Gasteiger partial charge is 0.493 e. The zero-order valence-electron chi connectivity index (χ0n) is 19.6. The van der Waals surface area contributed by atoms with Crippen molar-refractivity contribution >= 4 is 6.03 Å². The van der Waals surface area contributed by atoms with E-state index in [0.29, 0.717) is 25.6 Å². The molecule has 0 bridgehead atoms. The van der Waals surface area contributed by atoms with E-state index in [1.807, 2.05) is 47.8 Å². The van der Waals surface area contributed by atoms with Crippen LogP contribution in [0.1, 0.15) is 43.6 Å². The van der Waals surface area contributed by atoms with Crippen molar-refractivity contribution in [2.24, 2.45) is 13.0 Å². The molecule has 1 aliphatic heterocycles. The molecule has 1 aromatic carbocycles. The lowest BCUT2D eigenvalue weighted by atomic mass is 10.0. The Balaban J connectivity index is 1.62. The molecule has 0 saturated carbocycles. The fraction of sp³-hybridized carbons (Fsp3) is 0.583. The number of amides is 2. The molecule has 1 aromatic heterocycles. The standard InChI is InChI=1S/C24H37N5O2/c1-18(2)17-31-23-8-6-20(7-9-23)15-25-24(30)29(22-10-12-27(4)13-11-22)16-21-14-19(3)28(5)26-21/h6-9,14,18,22H,10-13,15-17H2,1-5H3,(H,25,30). The minimum Gasteiger partial charge on any atom is -0.493 e. The van der Waals surface area contributed by atoms with Gasteiger partial charge in [0.05, 0.1) is 18.8 Å². The zero-order chi connectivity index (χ0) is 22.4. The summed E-state index contributed by atoms with van der Waals surface area (Å²) in [5.41, 5.74) is 3.08. The van der Waals surface area contributed by atoms with Crippen molar-refractivity contribution in [3.05, 3.63) is 47.3 Å². The molecule has 31 heavy (non-hydrogen) atoms. The van der Waals surface area contributed by atoms with Crippen molar-refractivity contribution in [2.45, 2.75) is 52.7 Å². The maximum Gasteiger partial charge on any atom is 0.318 e. The van der Waals surface area contributed by atoms with Crippen molar-refractivity contribution in [2.75, 3.05) is 26.7 Å². The highest BCUT2D eigenvalue weighted by atomic mass is 16.5. The Morgan fingerprint density at radius 3 is 2.48 bits per heavy atom. The second kappa shape index (κ2) is 10.7. The number of likely N-dealkylation sites (tertiary alicyclic amines) is 1. The third-order valence-electron chi connectivity index (χ3n) is 5.84. The highest BCUT2D eigenvalue weighted by Crippen LogP contribution is 2.19. The summed E-state index contributed by atoms with van der Waals surface area (Å²) in [4.78, 5) is 17.5. The first kappa shape index (κ1) is 23.1. The fourth-order valence-electron chi connectivity index (χ4n) is 3.81. The van der Waals surface area contributed by atoms with Gasteiger partial charge in [-0.2, -0.15) is 5.10 Å². The van der Waals surface area contributed by atoms with Crippen molar-refractivity contribution in [3.63, 3.8) is 0 Å². The molecule has 0 unspecified atom stereocenters. The van der Waals surface area contributed by atoms with Crippen LogP contribution in [0.25, 0.3) is 0 Å². The van der Waals surface area contributed by atoms with Gasteiger partial charge >= 0.3 is 6.03 Å². The Kier molecular flexibility index (Phi) is 7.96. The summed E-state index contributed by atoms with van der Waals surface area (Å²) in [6.45, 7) is 10.0. The number of benzene rings is 1. The minimum absolute atomic E-state index is 0.0296. The topological polar surface area (TPSA) is 62.6 Å². The Labute approximate surface area is 186 Å². The third-order valence-corrected chi connectivity index (χ3v) is 5.84. The van der Waals surface area contributed by atoms with Crippen LogP contribution in [0.5, 0.6) is 5.75 Å². The van der Waals surface area contributed by atoms with Crippen LogP contribution in [0, 0.1) is 12.8 Å². The number of hydrogen-bond acceptors (Lipinski definition) is 4. The van der Waals surface area contributed by atoms with E-state index >= 15 is 0 Å². The van der Waals surface area contributed by atoms with Gasteiger partial charge in [-0.25, -0.2) is 4.79 Å². The quantitative estimate of drug-likeness (QED) is 0.700. The van der Waals surface area contributed by atoms with Gasteiger partial charge in [0.25, 0.3) is 0 Å². The monoisotopic (exact) mass is 427 g/mol. The molecule has 0 atom stereocenters. The molecule has 2 heterocycles. The molecule has 1 saturated heterocycles. The molecule has 1 fully saturated rings. The van der Waals surface area contributed by atoms with E-state index in [1.165, 1.54) is 0 Å². The average molecular weight is 428 g/mol. The molecule has 1 aliphatic rings.